The number of fused-ring (bicyclic) bond motifs is 2. The van der Waals surface area contributed by atoms with Crippen LogP contribution >= 0.6 is 0 Å². The van der Waals surface area contributed by atoms with Gasteiger partial charge in [-0.2, -0.15) is 0 Å². The van der Waals surface area contributed by atoms with Gasteiger partial charge < -0.3 is 19.5 Å². The molecule has 0 aromatic carbocycles. The molecule has 0 aromatic rings. The third kappa shape index (κ3) is 3.67. The summed E-state index contributed by atoms with van der Waals surface area (Å²) >= 11 is 0. The lowest BCUT2D eigenvalue weighted by molar-refractivity contribution is 0.0193. The lowest BCUT2D eigenvalue weighted by Crippen LogP contribution is -2.77. The zero-order chi connectivity index (χ0) is 20.8. The maximum atomic E-state index is 6.62. The molecule has 10 unspecified atom stereocenters. The average Bonchev–Trinajstić information content (AvgIpc) is 2.75. The van der Waals surface area contributed by atoms with Crippen LogP contribution in [0.3, 0.4) is 0 Å². The van der Waals surface area contributed by atoms with Crippen LogP contribution < -0.4 is 10.6 Å². The van der Waals surface area contributed by atoms with Crippen molar-refractivity contribution in [3.63, 3.8) is 0 Å². The predicted octanol–water partition coefficient (Wildman–Crippen LogP) is 4.12. The summed E-state index contributed by atoms with van der Waals surface area (Å²) < 4.78 is 13.2. The Morgan fingerprint density at radius 2 is 0.966 bits per heavy atom. The minimum absolute atomic E-state index is 0.398. The van der Waals surface area contributed by atoms with Crippen LogP contribution in [0.1, 0.15) is 66.2 Å². The monoisotopic (exact) mass is 422 g/mol. The number of nitrogens with one attached hydrogen (secondary N) is 2. The van der Waals surface area contributed by atoms with E-state index >= 15 is 0 Å². The van der Waals surface area contributed by atoms with E-state index in [4.69, 9.17) is 8.85 Å². The van der Waals surface area contributed by atoms with Crippen LogP contribution in [0.4, 0.5) is 0 Å². The summed E-state index contributed by atoms with van der Waals surface area (Å²) in [5, 5.41) is 8.01. The molecule has 4 nitrogen and oxygen atoms in total. The summed E-state index contributed by atoms with van der Waals surface area (Å²) in [4.78, 5) is 0. The molecule has 0 spiro atoms. The number of hydrogen-bond donors (Lipinski definition) is 2. The molecule has 0 aromatic heterocycles. The average molecular weight is 423 g/mol. The van der Waals surface area contributed by atoms with E-state index in [1.54, 1.807) is 0 Å². The Labute approximate surface area is 180 Å². The summed E-state index contributed by atoms with van der Waals surface area (Å²) in [6.07, 6.45) is 8.14. The highest BCUT2D eigenvalue weighted by atomic mass is 28.4. The van der Waals surface area contributed by atoms with Gasteiger partial charge in [-0.05, 0) is 73.3 Å². The highest BCUT2D eigenvalue weighted by molar-refractivity contribution is 6.71. The molecule has 168 valence electrons. The fraction of sp³-hybridized carbons (Fsp3) is 1.00. The summed E-state index contributed by atoms with van der Waals surface area (Å²) in [5.74, 6) is 6.22. The molecule has 10 atom stereocenters. The molecule has 29 heavy (non-hydrogen) atoms. The molecule has 2 aliphatic carbocycles. The van der Waals surface area contributed by atoms with Crippen molar-refractivity contribution < 1.29 is 8.85 Å². The first-order chi connectivity index (χ1) is 13.9. The SMILES string of the molecule is CO[Si](OC)(C1NCCC2C(C)CCC(C)C21)C1NCCC2C(C)CCC(C)C21. The van der Waals surface area contributed by atoms with Gasteiger partial charge in [-0.3, -0.25) is 0 Å². The van der Waals surface area contributed by atoms with Gasteiger partial charge in [0.2, 0.25) is 0 Å². The Hall–Kier alpha value is 0.0569. The lowest BCUT2D eigenvalue weighted by Gasteiger charge is -2.58. The normalized spacial score (nSPS) is 48.6. The third-order valence-corrected chi connectivity index (χ3v) is 14.1. The molecular weight excluding hydrogens is 376 g/mol. The number of hydrogen-bond acceptors (Lipinski definition) is 4. The van der Waals surface area contributed by atoms with E-state index in [0.717, 1.165) is 48.6 Å². The Bertz CT molecular complexity index is 513. The van der Waals surface area contributed by atoms with E-state index in [-0.39, 0.29) is 0 Å². The van der Waals surface area contributed by atoms with Crippen LogP contribution in [0.2, 0.25) is 0 Å². The fourth-order valence-electron chi connectivity index (χ4n) is 8.26. The molecule has 4 fully saturated rings. The molecule has 0 radical (unpaired) electrons. The Morgan fingerprint density at radius 3 is 1.34 bits per heavy atom. The summed E-state index contributed by atoms with van der Waals surface area (Å²) in [6.45, 7) is 12.2. The van der Waals surface area contributed by atoms with Crippen molar-refractivity contribution in [2.75, 3.05) is 27.3 Å². The zero-order valence-electron chi connectivity index (χ0n) is 19.7. The lowest BCUT2D eigenvalue weighted by atomic mass is 9.65. The van der Waals surface area contributed by atoms with Crippen molar-refractivity contribution in [1.29, 1.82) is 0 Å². The van der Waals surface area contributed by atoms with Gasteiger partial charge in [0.15, 0.2) is 0 Å². The van der Waals surface area contributed by atoms with Gasteiger partial charge in [-0.1, -0.05) is 53.4 Å². The molecule has 2 N–H and O–H groups in total. The molecule has 0 bridgehead atoms. The van der Waals surface area contributed by atoms with Gasteiger partial charge in [0.1, 0.15) is 0 Å². The van der Waals surface area contributed by atoms with Crippen molar-refractivity contribution in [2.24, 2.45) is 47.3 Å². The van der Waals surface area contributed by atoms with Gasteiger partial charge in [0, 0.05) is 14.2 Å². The van der Waals surface area contributed by atoms with Gasteiger partial charge in [-0.15, -0.1) is 0 Å². The second kappa shape index (κ2) is 8.89. The standard InChI is InChI=1S/C24H46N2O2Si/c1-15-7-9-17(3)21-19(15)11-13-25-23(21)29(27-5,28-6)24-22-18(4)10-8-16(2)20(22)12-14-26-24/h15-26H,7-14H2,1-6H3. The van der Waals surface area contributed by atoms with Crippen LogP contribution in [-0.4, -0.2) is 47.2 Å². The smallest absolute Gasteiger partial charge is 0.373 e. The van der Waals surface area contributed by atoms with E-state index in [0.29, 0.717) is 23.2 Å². The number of piperidine rings is 2. The van der Waals surface area contributed by atoms with Crippen LogP contribution in [-0.2, 0) is 8.85 Å². The molecule has 2 saturated heterocycles. The highest BCUT2D eigenvalue weighted by Crippen LogP contribution is 2.50. The largest absolute Gasteiger partial charge is 0.396 e. The van der Waals surface area contributed by atoms with E-state index in [9.17, 15) is 0 Å². The summed E-state index contributed by atoms with van der Waals surface area (Å²) in [6, 6.07) is 0. The Kier molecular flexibility index (Phi) is 6.83. The maximum absolute atomic E-state index is 6.62. The Balaban J connectivity index is 1.71. The Morgan fingerprint density at radius 1 is 0.586 bits per heavy atom. The summed E-state index contributed by atoms with van der Waals surface area (Å²) in [5.41, 5.74) is 0.796. The third-order valence-electron chi connectivity index (χ3n) is 9.88. The molecule has 4 aliphatic rings. The van der Waals surface area contributed by atoms with Crippen molar-refractivity contribution in [1.82, 2.24) is 10.6 Å². The van der Waals surface area contributed by atoms with Gasteiger partial charge in [-0.25, -0.2) is 0 Å². The topological polar surface area (TPSA) is 42.5 Å². The first kappa shape index (κ1) is 22.3. The molecule has 4 rings (SSSR count). The van der Waals surface area contributed by atoms with Crippen molar-refractivity contribution >= 4 is 8.56 Å². The van der Waals surface area contributed by atoms with Gasteiger partial charge in [0.25, 0.3) is 0 Å². The minimum atomic E-state index is -2.52. The molecule has 0 amide bonds. The van der Waals surface area contributed by atoms with Crippen LogP contribution in [0.25, 0.3) is 0 Å². The quantitative estimate of drug-likeness (QED) is 0.669. The first-order valence-electron chi connectivity index (χ1n) is 12.5. The predicted molar refractivity (Wildman–Crippen MR) is 122 cm³/mol. The van der Waals surface area contributed by atoms with Crippen LogP contribution in [0.15, 0.2) is 0 Å². The van der Waals surface area contributed by atoms with Crippen molar-refractivity contribution in [2.45, 2.75) is 77.6 Å². The summed E-state index contributed by atoms with van der Waals surface area (Å²) in [7, 11) is 1.39. The number of rotatable bonds is 4. The zero-order valence-corrected chi connectivity index (χ0v) is 20.7. The second-order valence-corrected chi connectivity index (χ2v) is 14.6. The van der Waals surface area contributed by atoms with E-state index < -0.39 is 8.56 Å². The van der Waals surface area contributed by atoms with E-state index in [1.807, 2.05) is 14.2 Å². The molecule has 2 heterocycles. The van der Waals surface area contributed by atoms with Crippen LogP contribution in [0, 0.1) is 47.3 Å². The molecule has 2 aliphatic heterocycles. The van der Waals surface area contributed by atoms with Gasteiger partial charge >= 0.3 is 8.56 Å². The van der Waals surface area contributed by atoms with Gasteiger partial charge in [0.05, 0.1) is 11.3 Å². The van der Waals surface area contributed by atoms with E-state index in [2.05, 4.69) is 38.3 Å². The van der Waals surface area contributed by atoms with E-state index in [1.165, 1.54) is 38.5 Å². The molecule has 2 saturated carbocycles. The maximum Gasteiger partial charge on any atom is 0.373 e. The van der Waals surface area contributed by atoms with Crippen molar-refractivity contribution in [3.05, 3.63) is 0 Å². The first-order valence-corrected chi connectivity index (χ1v) is 14.5. The van der Waals surface area contributed by atoms with Crippen LogP contribution in [0.5, 0.6) is 0 Å². The highest BCUT2D eigenvalue weighted by Gasteiger charge is 2.62. The molecule has 5 heteroatoms. The van der Waals surface area contributed by atoms with Crippen molar-refractivity contribution in [3.8, 4) is 0 Å². The minimum Gasteiger partial charge on any atom is -0.396 e. The molecular formula is C24H46N2O2Si. The second-order valence-electron chi connectivity index (χ2n) is 11.1. The fourth-order valence-corrected chi connectivity index (χ4v) is 12.9.